The Labute approximate surface area is 117 Å². The standard InChI is InChI=1S/C13H11F4N3O/c1-18-12-19-10(13(15,16)17)6-11(20-12)21-7-8-4-2-3-5-9(8)14/h2-6H,7H2,1H3,(H,18,19,20). The first-order chi connectivity index (χ1) is 9.90. The van der Waals surface area contributed by atoms with Crippen molar-refractivity contribution >= 4 is 5.95 Å². The molecule has 0 bridgehead atoms. The molecule has 0 aliphatic heterocycles. The van der Waals surface area contributed by atoms with Gasteiger partial charge in [0.2, 0.25) is 11.8 Å². The molecule has 4 nitrogen and oxygen atoms in total. The fourth-order valence-electron chi connectivity index (χ4n) is 1.52. The van der Waals surface area contributed by atoms with Gasteiger partial charge in [0.15, 0.2) is 5.69 Å². The summed E-state index contributed by atoms with van der Waals surface area (Å²) >= 11 is 0. The highest BCUT2D eigenvalue weighted by Gasteiger charge is 2.34. The SMILES string of the molecule is CNc1nc(OCc2ccccc2F)cc(C(F)(F)F)n1. The fourth-order valence-corrected chi connectivity index (χ4v) is 1.52. The third-order valence-corrected chi connectivity index (χ3v) is 2.55. The Morgan fingerprint density at radius 3 is 2.52 bits per heavy atom. The smallest absolute Gasteiger partial charge is 0.433 e. The summed E-state index contributed by atoms with van der Waals surface area (Å²) in [5.41, 5.74) is -0.916. The zero-order chi connectivity index (χ0) is 15.5. The van der Waals surface area contributed by atoms with E-state index in [0.717, 1.165) is 0 Å². The number of nitrogens with one attached hydrogen (secondary N) is 1. The predicted octanol–water partition coefficient (Wildman–Crippen LogP) is 3.26. The molecule has 1 aromatic heterocycles. The van der Waals surface area contributed by atoms with Crippen LogP contribution >= 0.6 is 0 Å². The normalized spacial score (nSPS) is 11.3. The number of ether oxygens (including phenoxy) is 1. The molecule has 1 heterocycles. The minimum Gasteiger partial charge on any atom is -0.473 e. The molecule has 2 rings (SSSR count). The average Bonchev–Trinajstić information content (AvgIpc) is 2.45. The van der Waals surface area contributed by atoms with Crippen LogP contribution in [0.25, 0.3) is 0 Å². The molecular weight excluding hydrogens is 290 g/mol. The van der Waals surface area contributed by atoms with Crippen LogP contribution in [-0.4, -0.2) is 17.0 Å². The van der Waals surface area contributed by atoms with Crippen LogP contribution in [0.3, 0.4) is 0 Å². The van der Waals surface area contributed by atoms with Crippen LogP contribution in [0.5, 0.6) is 5.88 Å². The Morgan fingerprint density at radius 2 is 1.90 bits per heavy atom. The second-order valence-electron chi connectivity index (χ2n) is 4.04. The van der Waals surface area contributed by atoms with Crippen molar-refractivity contribution < 1.29 is 22.3 Å². The molecule has 0 saturated heterocycles. The summed E-state index contributed by atoms with van der Waals surface area (Å²) in [6.45, 7) is -0.232. The fraction of sp³-hybridized carbons (Fsp3) is 0.231. The Balaban J connectivity index is 2.22. The van der Waals surface area contributed by atoms with Gasteiger partial charge in [-0.05, 0) is 6.07 Å². The van der Waals surface area contributed by atoms with Gasteiger partial charge in [-0.15, -0.1) is 0 Å². The molecule has 0 spiro atoms. The van der Waals surface area contributed by atoms with Crippen LogP contribution in [0.15, 0.2) is 30.3 Å². The van der Waals surface area contributed by atoms with Gasteiger partial charge >= 0.3 is 6.18 Å². The molecule has 21 heavy (non-hydrogen) atoms. The molecule has 0 aliphatic carbocycles. The van der Waals surface area contributed by atoms with Gasteiger partial charge in [0, 0.05) is 18.7 Å². The van der Waals surface area contributed by atoms with Crippen molar-refractivity contribution in [1.29, 1.82) is 0 Å². The van der Waals surface area contributed by atoms with Crippen molar-refractivity contribution in [2.75, 3.05) is 12.4 Å². The van der Waals surface area contributed by atoms with Crippen LogP contribution in [0.2, 0.25) is 0 Å². The number of rotatable bonds is 4. The van der Waals surface area contributed by atoms with Gasteiger partial charge in [-0.1, -0.05) is 18.2 Å². The second-order valence-corrected chi connectivity index (χ2v) is 4.04. The monoisotopic (exact) mass is 301 g/mol. The Morgan fingerprint density at radius 1 is 1.19 bits per heavy atom. The number of hydrogen-bond acceptors (Lipinski definition) is 4. The van der Waals surface area contributed by atoms with Crippen molar-refractivity contribution in [1.82, 2.24) is 9.97 Å². The third kappa shape index (κ3) is 3.80. The van der Waals surface area contributed by atoms with Gasteiger partial charge in [0.05, 0.1) is 0 Å². The van der Waals surface area contributed by atoms with E-state index in [1.165, 1.54) is 25.2 Å². The molecule has 112 valence electrons. The number of nitrogens with zero attached hydrogens (tertiary/aromatic N) is 2. The maximum absolute atomic E-state index is 13.4. The van der Waals surface area contributed by atoms with E-state index >= 15 is 0 Å². The lowest BCUT2D eigenvalue weighted by atomic mass is 10.2. The first-order valence-electron chi connectivity index (χ1n) is 5.90. The van der Waals surface area contributed by atoms with Gasteiger partial charge in [-0.2, -0.15) is 18.2 Å². The Bertz CT molecular complexity index is 631. The van der Waals surface area contributed by atoms with E-state index in [0.29, 0.717) is 6.07 Å². The van der Waals surface area contributed by atoms with Crippen LogP contribution < -0.4 is 10.1 Å². The minimum atomic E-state index is -4.62. The number of benzene rings is 1. The molecule has 1 aromatic carbocycles. The van der Waals surface area contributed by atoms with Crippen molar-refractivity contribution in [3.05, 3.63) is 47.4 Å². The maximum atomic E-state index is 13.4. The van der Waals surface area contributed by atoms with E-state index in [9.17, 15) is 17.6 Å². The largest absolute Gasteiger partial charge is 0.473 e. The van der Waals surface area contributed by atoms with E-state index in [1.807, 2.05) is 0 Å². The van der Waals surface area contributed by atoms with E-state index in [-0.39, 0.29) is 24.0 Å². The van der Waals surface area contributed by atoms with Crippen LogP contribution in [-0.2, 0) is 12.8 Å². The molecule has 0 radical (unpaired) electrons. The molecule has 0 amide bonds. The molecule has 0 saturated carbocycles. The van der Waals surface area contributed by atoms with E-state index in [4.69, 9.17) is 4.74 Å². The van der Waals surface area contributed by atoms with Gasteiger partial charge in [0.25, 0.3) is 0 Å². The summed E-state index contributed by atoms with van der Waals surface area (Å²) in [4.78, 5) is 7.04. The summed E-state index contributed by atoms with van der Waals surface area (Å²) < 4.78 is 56.6. The lowest BCUT2D eigenvalue weighted by Crippen LogP contribution is -2.12. The average molecular weight is 301 g/mol. The topological polar surface area (TPSA) is 47.0 Å². The molecule has 0 aliphatic rings. The highest BCUT2D eigenvalue weighted by molar-refractivity contribution is 5.31. The Kier molecular flexibility index (Phi) is 4.25. The molecule has 2 aromatic rings. The summed E-state index contributed by atoms with van der Waals surface area (Å²) in [6, 6.07) is 6.48. The molecule has 0 atom stereocenters. The zero-order valence-corrected chi connectivity index (χ0v) is 10.9. The van der Waals surface area contributed by atoms with Crippen LogP contribution in [0, 0.1) is 5.82 Å². The summed E-state index contributed by atoms with van der Waals surface area (Å²) in [5, 5.41) is 2.41. The van der Waals surface area contributed by atoms with Crippen LogP contribution in [0.4, 0.5) is 23.5 Å². The summed E-state index contributed by atoms with van der Waals surface area (Å²) in [5.74, 6) is -1.02. The van der Waals surface area contributed by atoms with Crippen LogP contribution in [0.1, 0.15) is 11.3 Å². The number of halogens is 4. The van der Waals surface area contributed by atoms with E-state index in [1.54, 1.807) is 6.07 Å². The van der Waals surface area contributed by atoms with Crippen molar-refractivity contribution in [2.45, 2.75) is 12.8 Å². The lowest BCUT2D eigenvalue weighted by molar-refractivity contribution is -0.141. The summed E-state index contributed by atoms with van der Waals surface area (Å²) in [6.07, 6.45) is -4.62. The predicted molar refractivity (Wildman–Crippen MR) is 67.3 cm³/mol. The maximum Gasteiger partial charge on any atom is 0.433 e. The number of alkyl halides is 3. The molecule has 1 N–H and O–H groups in total. The third-order valence-electron chi connectivity index (χ3n) is 2.55. The first-order valence-corrected chi connectivity index (χ1v) is 5.90. The van der Waals surface area contributed by atoms with Crippen molar-refractivity contribution in [3.8, 4) is 5.88 Å². The molecule has 0 unspecified atom stereocenters. The van der Waals surface area contributed by atoms with E-state index in [2.05, 4.69) is 15.3 Å². The lowest BCUT2D eigenvalue weighted by Gasteiger charge is -2.11. The van der Waals surface area contributed by atoms with E-state index < -0.39 is 17.7 Å². The summed E-state index contributed by atoms with van der Waals surface area (Å²) in [7, 11) is 1.39. The quantitative estimate of drug-likeness (QED) is 0.881. The first kappa shape index (κ1) is 15.0. The highest BCUT2D eigenvalue weighted by Crippen LogP contribution is 2.30. The highest BCUT2D eigenvalue weighted by atomic mass is 19.4. The molecular formula is C13H11F4N3O. The second kappa shape index (κ2) is 5.94. The van der Waals surface area contributed by atoms with Gasteiger partial charge in [0.1, 0.15) is 12.4 Å². The molecule has 8 heteroatoms. The Hall–Kier alpha value is -2.38. The van der Waals surface area contributed by atoms with Gasteiger partial charge in [-0.3, -0.25) is 0 Å². The number of anilines is 1. The van der Waals surface area contributed by atoms with Crippen molar-refractivity contribution in [2.24, 2.45) is 0 Å². The zero-order valence-electron chi connectivity index (χ0n) is 10.9. The van der Waals surface area contributed by atoms with Gasteiger partial charge < -0.3 is 10.1 Å². The number of hydrogen-bond donors (Lipinski definition) is 1. The van der Waals surface area contributed by atoms with Crippen molar-refractivity contribution in [3.63, 3.8) is 0 Å². The number of aromatic nitrogens is 2. The minimum absolute atomic E-state index is 0.218. The molecule has 0 fully saturated rings. The van der Waals surface area contributed by atoms with Gasteiger partial charge in [-0.25, -0.2) is 9.37 Å².